The van der Waals surface area contributed by atoms with Crippen molar-refractivity contribution in [3.63, 3.8) is 0 Å². The molecule has 0 unspecified atom stereocenters. The zero-order valence-electron chi connectivity index (χ0n) is 9.76. The number of ether oxygens (including phenoxy) is 1. The summed E-state index contributed by atoms with van der Waals surface area (Å²) in [6.07, 6.45) is 0. The second-order valence-corrected chi connectivity index (χ2v) is 4.07. The van der Waals surface area contributed by atoms with E-state index < -0.39 is 0 Å². The lowest BCUT2D eigenvalue weighted by Gasteiger charge is -2.18. The number of para-hydroxylation sites is 1. The van der Waals surface area contributed by atoms with Gasteiger partial charge in [0.2, 0.25) is 0 Å². The summed E-state index contributed by atoms with van der Waals surface area (Å²) in [5.41, 5.74) is 8.17. The van der Waals surface area contributed by atoms with Crippen molar-refractivity contribution < 1.29 is 4.74 Å². The van der Waals surface area contributed by atoms with Crippen LogP contribution in [0.4, 0.5) is 17.1 Å². The fourth-order valence-electron chi connectivity index (χ4n) is 1.82. The Morgan fingerprint density at radius 3 is 2.78 bits per heavy atom. The standard InChI is InChI=1S/C14H13N3O/c15-10-6-7-13-12(8-10)17-14(9-18-13)16-11-4-2-1-3-5-11/h1-8H,9,15H2,(H,16,17). The number of hydrogen-bond acceptors (Lipinski definition) is 4. The number of rotatable bonds is 1. The molecule has 4 heteroatoms. The summed E-state index contributed by atoms with van der Waals surface area (Å²) in [6.45, 7) is 0.436. The highest BCUT2D eigenvalue weighted by molar-refractivity contribution is 5.99. The quantitative estimate of drug-likeness (QED) is 0.752. The van der Waals surface area contributed by atoms with Gasteiger partial charge in [-0.15, -0.1) is 0 Å². The Bertz CT molecular complexity index is 593. The van der Waals surface area contributed by atoms with E-state index in [2.05, 4.69) is 10.3 Å². The minimum absolute atomic E-state index is 0.436. The molecule has 0 amide bonds. The van der Waals surface area contributed by atoms with Crippen LogP contribution in [0.5, 0.6) is 5.75 Å². The molecule has 0 fully saturated rings. The molecular weight excluding hydrogens is 226 g/mol. The maximum absolute atomic E-state index is 5.73. The fraction of sp³-hybridized carbons (Fsp3) is 0.0714. The molecule has 0 spiro atoms. The van der Waals surface area contributed by atoms with Crippen LogP contribution in [0.15, 0.2) is 53.5 Å². The SMILES string of the molecule is Nc1ccc2c(c1)N=C(Nc1ccccc1)CO2. The molecule has 3 N–H and O–H groups in total. The van der Waals surface area contributed by atoms with Gasteiger partial charge in [-0.2, -0.15) is 0 Å². The van der Waals surface area contributed by atoms with E-state index in [0.29, 0.717) is 12.3 Å². The first-order valence-electron chi connectivity index (χ1n) is 5.73. The number of amidine groups is 1. The Balaban J connectivity index is 1.87. The minimum Gasteiger partial charge on any atom is -0.483 e. The molecular formula is C14H13N3O. The monoisotopic (exact) mass is 239 g/mol. The van der Waals surface area contributed by atoms with Crippen molar-refractivity contribution in [3.05, 3.63) is 48.5 Å². The highest BCUT2D eigenvalue weighted by Crippen LogP contribution is 2.32. The predicted molar refractivity (Wildman–Crippen MR) is 73.5 cm³/mol. The third-order valence-corrected chi connectivity index (χ3v) is 2.67. The lowest BCUT2D eigenvalue weighted by molar-refractivity contribution is 0.372. The average molecular weight is 239 g/mol. The summed E-state index contributed by atoms with van der Waals surface area (Å²) in [4.78, 5) is 4.50. The Morgan fingerprint density at radius 1 is 1.11 bits per heavy atom. The van der Waals surface area contributed by atoms with Gasteiger partial charge >= 0.3 is 0 Å². The highest BCUT2D eigenvalue weighted by Gasteiger charge is 2.13. The summed E-state index contributed by atoms with van der Waals surface area (Å²) in [5.74, 6) is 1.54. The van der Waals surface area contributed by atoms with Gasteiger partial charge in [-0.25, -0.2) is 4.99 Å². The fourth-order valence-corrected chi connectivity index (χ4v) is 1.82. The molecule has 1 heterocycles. The van der Waals surface area contributed by atoms with E-state index in [1.54, 1.807) is 6.07 Å². The zero-order valence-corrected chi connectivity index (χ0v) is 9.76. The number of fused-ring (bicyclic) bond motifs is 1. The molecule has 0 aliphatic carbocycles. The van der Waals surface area contributed by atoms with Gasteiger partial charge in [-0.3, -0.25) is 0 Å². The number of benzene rings is 2. The van der Waals surface area contributed by atoms with Crippen LogP contribution in [-0.2, 0) is 0 Å². The third kappa shape index (κ3) is 2.13. The number of hydrogen-bond donors (Lipinski definition) is 2. The van der Waals surface area contributed by atoms with Gasteiger partial charge in [0.25, 0.3) is 0 Å². The summed E-state index contributed by atoms with van der Waals surface area (Å²) < 4.78 is 5.61. The smallest absolute Gasteiger partial charge is 0.146 e. The van der Waals surface area contributed by atoms with E-state index >= 15 is 0 Å². The van der Waals surface area contributed by atoms with Crippen LogP contribution in [0.3, 0.4) is 0 Å². The van der Waals surface area contributed by atoms with Crippen LogP contribution >= 0.6 is 0 Å². The topological polar surface area (TPSA) is 59.6 Å². The van der Waals surface area contributed by atoms with Crippen LogP contribution < -0.4 is 15.8 Å². The molecule has 0 saturated heterocycles. The largest absolute Gasteiger partial charge is 0.483 e. The Labute approximate surface area is 105 Å². The molecule has 2 aromatic carbocycles. The number of nitrogens with zero attached hydrogens (tertiary/aromatic N) is 1. The molecule has 0 bridgehead atoms. The van der Waals surface area contributed by atoms with E-state index in [0.717, 1.165) is 23.0 Å². The predicted octanol–water partition coefficient (Wildman–Crippen LogP) is 2.80. The summed E-state index contributed by atoms with van der Waals surface area (Å²) >= 11 is 0. The zero-order chi connectivity index (χ0) is 12.4. The van der Waals surface area contributed by atoms with E-state index in [1.165, 1.54) is 0 Å². The van der Waals surface area contributed by atoms with E-state index in [4.69, 9.17) is 10.5 Å². The molecule has 0 saturated carbocycles. The summed E-state index contributed by atoms with van der Waals surface area (Å²) in [7, 11) is 0. The van der Waals surface area contributed by atoms with E-state index in [9.17, 15) is 0 Å². The number of aliphatic imine (C=N–C) groups is 1. The molecule has 18 heavy (non-hydrogen) atoms. The molecule has 3 rings (SSSR count). The third-order valence-electron chi connectivity index (χ3n) is 2.67. The van der Waals surface area contributed by atoms with Gasteiger partial charge in [0, 0.05) is 11.4 Å². The van der Waals surface area contributed by atoms with Gasteiger partial charge in [0.1, 0.15) is 23.9 Å². The van der Waals surface area contributed by atoms with Crippen LogP contribution in [0.25, 0.3) is 0 Å². The van der Waals surface area contributed by atoms with Crippen molar-refractivity contribution in [2.24, 2.45) is 4.99 Å². The first-order chi connectivity index (χ1) is 8.81. The van der Waals surface area contributed by atoms with Crippen LogP contribution in [0.2, 0.25) is 0 Å². The summed E-state index contributed by atoms with van der Waals surface area (Å²) in [5, 5.41) is 3.23. The molecule has 4 nitrogen and oxygen atoms in total. The molecule has 2 aromatic rings. The van der Waals surface area contributed by atoms with Crippen molar-refractivity contribution in [2.45, 2.75) is 0 Å². The number of nitrogens with two attached hydrogens (primary N) is 1. The van der Waals surface area contributed by atoms with Crippen LogP contribution in [0, 0.1) is 0 Å². The number of anilines is 2. The second kappa shape index (κ2) is 4.41. The second-order valence-electron chi connectivity index (χ2n) is 4.07. The van der Waals surface area contributed by atoms with Gasteiger partial charge in [0.15, 0.2) is 0 Å². The molecule has 0 atom stereocenters. The van der Waals surface area contributed by atoms with Crippen molar-refractivity contribution in [1.82, 2.24) is 0 Å². The van der Waals surface area contributed by atoms with Gasteiger partial charge in [-0.05, 0) is 30.3 Å². The Morgan fingerprint density at radius 2 is 1.94 bits per heavy atom. The molecule has 1 aliphatic heterocycles. The highest BCUT2D eigenvalue weighted by atomic mass is 16.5. The maximum Gasteiger partial charge on any atom is 0.146 e. The molecule has 0 radical (unpaired) electrons. The normalized spacial score (nSPS) is 13.2. The summed E-state index contributed by atoms with van der Waals surface area (Å²) in [6, 6.07) is 15.3. The van der Waals surface area contributed by atoms with Gasteiger partial charge < -0.3 is 15.8 Å². The molecule has 1 aliphatic rings. The van der Waals surface area contributed by atoms with E-state index in [-0.39, 0.29) is 0 Å². The number of nitrogens with one attached hydrogen (secondary N) is 1. The van der Waals surface area contributed by atoms with Crippen molar-refractivity contribution >= 4 is 22.9 Å². The average Bonchev–Trinajstić information content (AvgIpc) is 2.39. The van der Waals surface area contributed by atoms with Crippen molar-refractivity contribution in [2.75, 3.05) is 17.7 Å². The molecule has 90 valence electrons. The van der Waals surface area contributed by atoms with E-state index in [1.807, 2.05) is 42.5 Å². The minimum atomic E-state index is 0.436. The van der Waals surface area contributed by atoms with Crippen LogP contribution in [-0.4, -0.2) is 12.4 Å². The lowest BCUT2D eigenvalue weighted by Crippen LogP contribution is -2.23. The van der Waals surface area contributed by atoms with Crippen LogP contribution in [0.1, 0.15) is 0 Å². The van der Waals surface area contributed by atoms with Crippen molar-refractivity contribution in [3.8, 4) is 5.75 Å². The first kappa shape index (κ1) is 10.7. The lowest BCUT2D eigenvalue weighted by atomic mass is 10.2. The van der Waals surface area contributed by atoms with Gasteiger partial charge in [-0.1, -0.05) is 18.2 Å². The Hall–Kier alpha value is -2.49. The van der Waals surface area contributed by atoms with Crippen molar-refractivity contribution in [1.29, 1.82) is 0 Å². The Kier molecular flexibility index (Phi) is 2.61. The number of nitrogen functional groups attached to an aromatic ring is 1. The maximum atomic E-state index is 5.73. The van der Waals surface area contributed by atoms with Gasteiger partial charge in [0.05, 0.1) is 0 Å². The first-order valence-corrected chi connectivity index (χ1v) is 5.73. The molecule has 0 aromatic heterocycles.